The molecule has 72 valence electrons. The molecule has 1 saturated carbocycles. The third-order valence-corrected chi connectivity index (χ3v) is 2.24. The molecule has 1 aromatic rings. The molecule has 1 fully saturated rings. The molecule has 0 radical (unpaired) electrons. The normalized spacial score (nSPS) is 24.5. The Labute approximate surface area is 74.7 Å². The van der Waals surface area contributed by atoms with Gasteiger partial charge in [0.2, 0.25) is 0 Å². The number of anilines is 1. The number of hydrogen-bond acceptors (Lipinski definition) is 2. The molecule has 0 aliphatic heterocycles. The standard InChI is InChI=1S/C8H11F2N3/c1-13(2)7-3-6(11-12-7)5-4-8(5,9)10/h3,5H,4H2,1-2H3,(H,11,12). The van der Waals surface area contributed by atoms with Gasteiger partial charge in [-0.25, -0.2) is 8.78 Å². The molecule has 1 N–H and O–H groups in total. The van der Waals surface area contributed by atoms with Crippen LogP contribution in [0.5, 0.6) is 0 Å². The van der Waals surface area contributed by atoms with Crippen molar-refractivity contribution in [1.82, 2.24) is 10.2 Å². The molecule has 0 amide bonds. The highest BCUT2D eigenvalue weighted by Gasteiger charge is 2.58. The predicted octanol–water partition coefficient (Wildman–Crippen LogP) is 1.60. The van der Waals surface area contributed by atoms with E-state index in [1.165, 1.54) is 0 Å². The van der Waals surface area contributed by atoms with Crippen LogP contribution in [0.25, 0.3) is 0 Å². The summed E-state index contributed by atoms with van der Waals surface area (Å²) in [5.41, 5.74) is 0.536. The first-order chi connectivity index (χ1) is 6.00. The Kier molecular flexibility index (Phi) is 1.58. The van der Waals surface area contributed by atoms with Crippen LogP contribution >= 0.6 is 0 Å². The molecule has 0 saturated heterocycles. The average molecular weight is 187 g/mol. The van der Waals surface area contributed by atoms with Crippen LogP contribution in [-0.4, -0.2) is 30.2 Å². The largest absolute Gasteiger partial charge is 0.361 e. The second-order valence-electron chi connectivity index (χ2n) is 3.59. The molecule has 5 heteroatoms. The number of alkyl halides is 2. The van der Waals surface area contributed by atoms with Crippen LogP contribution in [0.15, 0.2) is 6.07 Å². The van der Waals surface area contributed by atoms with E-state index < -0.39 is 11.8 Å². The van der Waals surface area contributed by atoms with Gasteiger partial charge in [0.05, 0.1) is 5.92 Å². The third kappa shape index (κ3) is 1.38. The fraction of sp³-hybridized carbons (Fsp3) is 0.625. The van der Waals surface area contributed by atoms with Crippen molar-refractivity contribution in [1.29, 1.82) is 0 Å². The lowest BCUT2D eigenvalue weighted by Gasteiger charge is -2.05. The van der Waals surface area contributed by atoms with Crippen molar-refractivity contribution < 1.29 is 8.78 Å². The first-order valence-electron chi connectivity index (χ1n) is 4.11. The minimum Gasteiger partial charge on any atom is -0.361 e. The smallest absolute Gasteiger partial charge is 0.257 e. The minimum atomic E-state index is -2.52. The van der Waals surface area contributed by atoms with E-state index in [1.807, 2.05) is 14.1 Å². The van der Waals surface area contributed by atoms with Crippen molar-refractivity contribution in [3.63, 3.8) is 0 Å². The third-order valence-electron chi connectivity index (χ3n) is 2.24. The number of H-pyrrole nitrogens is 1. The first-order valence-corrected chi connectivity index (χ1v) is 4.11. The molecule has 2 rings (SSSR count). The Hall–Kier alpha value is -1.13. The maximum Gasteiger partial charge on any atom is 0.257 e. The van der Waals surface area contributed by atoms with Gasteiger partial charge in [0.1, 0.15) is 5.82 Å². The molecule has 3 nitrogen and oxygen atoms in total. The topological polar surface area (TPSA) is 31.9 Å². The lowest BCUT2D eigenvalue weighted by molar-refractivity contribution is 0.111. The molecular weight excluding hydrogens is 176 g/mol. The molecular formula is C8H11F2N3. The maximum atomic E-state index is 12.6. The zero-order chi connectivity index (χ0) is 9.64. The fourth-order valence-corrected chi connectivity index (χ4v) is 1.28. The molecule has 1 aliphatic carbocycles. The Bertz CT molecular complexity index is 319. The lowest BCUT2D eigenvalue weighted by atomic mass is 10.3. The van der Waals surface area contributed by atoms with Crippen molar-refractivity contribution in [2.45, 2.75) is 18.3 Å². The summed E-state index contributed by atoms with van der Waals surface area (Å²) in [4.78, 5) is 1.78. The van der Waals surface area contributed by atoms with Crippen LogP contribution in [-0.2, 0) is 0 Å². The van der Waals surface area contributed by atoms with Crippen LogP contribution in [0, 0.1) is 0 Å². The number of halogens is 2. The number of aromatic nitrogens is 2. The number of nitrogens with one attached hydrogen (secondary N) is 1. The molecule has 1 aromatic heterocycles. The summed E-state index contributed by atoms with van der Waals surface area (Å²) in [5.74, 6) is -2.47. The quantitative estimate of drug-likeness (QED) is 0.762. The summed E-state index contributed by atoms with van der Waals surface area (Å²) >= 11 is 0. The Morgan fingerprint density at radius 1 is 1.62 bits per heavy atom. The lowest BCUT2D eigenvalue weighted by Crippen LogP contribution is -2.08. The van der Waals surface area contributed by atoms with E-state index in [1.54, 1.807) is 11.0 Å². The van der Waals surface area contributed by atoms with Gasteiger partial charge in [-0.3, -0.25) is 5.10 Å². The Morgan fingerprint density at radius 3 is 2.62 bits per heavy atom. The highest BCUT2D eigenvalue weighted by molar-refractivity contribution is 5.40. The molecule has 1 unspecified atom stereocenters. The van der Waals surface area contributed by atoms with Crippen LogP contribution in [0.1, 0.15) is 18.0 Å². The summed E-state index contributed by atoms with van der Waals surface area (Å²) in [6.45, 7) is 0. The summed E-state index contributed by atoms with van der Waals surface area (Å²) in [6, 6.07) is 1.67. The van der Waals surface area contributed by atoms with Gasteiger partial charge in [-0.15, -0.1) is 0 Å². The zero-order valence-electron chi connectivity index (χ0n) is 7.51. The molecule has 0 bridgehead atoms. The monoisotopic (exact) mass is 187 g/mol. The van der Waals surface area contributed by atoms with Crippen molar-refractivity contribution in [3.05, 3.63) is 11.8 Å². The van der Waals surface area contributed by atoms with Gasteiger partial charge in [-0.2, -0.15) is 5.10 Å². The van der Waals surface area contributed by atoms with Gasteiger partial charge < -0.3 is 4.90 Å². The second kappa shape index (κ2) is 2.43. The van der Waals surface area contributed by atoms with Gasteiger partial charge in [-0.05, 0) is 0 Å². The number of rotatable bonds is 2. The van der Waals surface area contributed by atoms with Crippen LogP contribution in [0.4, 0.5) is 14.6 Å². The van der Waals surface area contributed by atoms with Gasteiger partial charge in [0, 0.05) is 32.3 Å². The van der Waals surface area contributed by atoms with Crippen LogP contribution in [0.2, 0.25) is 0 Å². The minimum absolute atomic E-state index is 0.0535. The van der Waals surface area contributed by atoms with Gasteiger partial charge in [-0.1, -0.05) is 0 Å². The SMILES string of the molecule is CN(C)c1cc(C2CC2(F)F)[nH]n1. The highest BCUT2D eigenvalue weighted by Crippen LogP contribution is 2.55. The predicted molar refractivity (Wildman–Crippen MR) is 45.2 cm³/mol. The van der Waals surface area contributed by atoms with E-state index in [0.29, 0.717) is 11.5 Å². The number of hydrogen-bond donors (Lipinski definition) is 1. The summed E-state index contributed by atoms with van der Waals surface area (Å²) in [6.07, 6.45) is -0.0535. The van der Waals surface area contributed by atoms with Crippen molar-refractivity contribution in [3.8, 4) is 0 Å². The molecule has 0 spiro atoms. The molecule has 1 heterocycles. The van der Waals surface area contributed by atoms with E-state index in [2.05, 4.69) is 10.2 Å². The molecule has 1 atom stereocenters. The van der Waals surface area contributed by atoms with Crippen LogP contribution in [0.3, 0.4) is 0 Å². The summed E-state index contributed by atoms with van der Waals surface area (Å²) in [7, 11) is 3.65. The van der Waals surface area contributed by atoms with Crippen molar-refractivity contribution in [2.24, 2.45) is 0 Å². The van der Waals surface area contributed by atoms with E-state index in [4.69, 9.17) is 0 Å². The zero-order valence-corrected chi connectivity index (χ0v) is 7.51. The molecule has 0 aromatic carbocycles. The van der Waals surface area contributed by atoms with E-state index in [9.17, 15) is 8.78 Å². The first kappa shape index (κ1) is 8.47. The number of nitrogens with zero attached hydrogens (tertiary/aromatic N) is 2. The van der Waals surface area contributed by atoms with E-state index in [0.717, 1.165) is 0 Å². The van der Waals surface area contributed by atoms with Crippen LogP contribution < -0.4 is 4.90 Å². The number of aromatic amines is 1. The van der Waals surface area contributed by atoms with Crippen molar-refractivity contribution in [2.75, 3.05) is 19.0 Å². The maximum absolute atomic E-state index is 12.6. The summed E-state index contributed by atoms with van der Waals surface area (Å²) < 4.78 is 25.3. The van der Waals surface area contributed by atoms with E-state index in [-0.39, 0.29) is 6.42 Å². The average Bonchev–Trinajstić information content (AvgIpc) is 2.50. The Balaban J connectivity index is 2.16. The highest BCUT2D eigenvalue weighted by atomic mass is 19.3. The summed E-state index contributed by atoms with van der Waals surface area (Å²) in [5, 5.41) is 6.54. The van der Waals surface area contributed by atoms with Crippen molar-refractivity contribution >= 4 is 5.82 Å². The molecule has 1 aliphatic rings. The van der Waals surface area contributed by atoms with Gasteiger partial charge in [0.15, 0.2) is 0 Å². The van der Waals surface area contributed by atoms with Gasteiger partial charge in [0.25, 0.3) is 5.92 Å². The molecule has 13 heavy (non-hydrogen) atoms. The van der Waals surface area contributed by atoms with E-state index >= 15 is 0 Å². The second-order valence-corrected chi connectivity index (χ2v) is 3.59. The fourth-order valence-electron chi connectivity index (χ4n) is 1.28. The van der Waals surface area contributed by atoms with Gasteiger partial charge >= 0.3 is 0 Å². The Morgan fingerprint density at radius 2 is 2.23 bits per heavy atom.